The number of benzene rings is 2. The van der Waals surface area contributed by atoms with Crippen LogP contribution in [0.3, 0.4) is 0 Å². The van der Waals surface area contributed by atoms with Crippen LogP contribution >= 0.6 is 0 Å². The summed E-state index contributed by atoms with van der Waals surface area (Å²) in [6, 6.07) is 7.06. The molecule has 0 aromatic heterocycles. The van der Waals surface area contributed by atoms with Crippen molar-refractivity contribution in [1.29, 1.82) is 0 Å². The zero-order valence-electron chi connectivity index (χ0n) is 15.2. The number of hydrogen-bond donors (Lipinski definition) is 2. The van der Waals surface area contributed by atoms with Crippen molar-refractivity contribution in [3.05, 3.63) is 53.6 Å². The molecule has 27 heavy (non-hydrogen) atoms. The van der Waals surface area contributed by atoms with Crippen LogP contribution in [-0.2, 0) is 10.0 Å². The number of rotatable bonds is 7. The number of nitrogens with one attached hydrogen (secondary N) is 2. The molecule has 0 saturated heterocycles. The van der Waals surface area contributed by atoms with Gasteiger partial charge < -0.3 is 10.6 Å². The highest BCUT2D eigenvalue weighted by Gasteiger charge is 2.23. The maximum Gasteiger partial charge on any atom is 0.255 e. The predicted molar refractivity (Wildman–Crippen MR) is 100 cm³/mol. The molecule has 2 N–H and O–H groups in total. The Hall–Kier alpha value is -2.52. The Labute approximate surface area is 157 Å². The minimum absolute atomic E-state index is 0.0192. The largest absolute Gasteiger partial charge is 0.386 e. The smallest absolute Gasteiger partial charge is 0.255 e. The Morgan fingerprint density at radius 1 is 1.00 bits per heavy atom. The third-order valence-corrected chi connectivity index (χ3v) is 6.08. The van der Waals surface area contributed by atoms with Gasteiger partial charge in [0.1, 0.15) is 0 Å². The number of halogens is 2. The number of amides is 1. The summed E-state index contributed by atoms with van der Waals surface area (Å²) in [6.07, 6.45) is 0. The van der Waals surface area contributed by atoms with Crippen molar-refractivity contribution in [2.24, 2.45) is 0 Å². The van der Waals surface area contributed by atoms with Gasteiger partial charge in [-0.05, 0) is 36.4 Å². The fourth-order valence-corrected chi connectivity index (χ4v) is 4.03. The fourth-order valence-electron chi connectivity index (χ4n) is 2.55. The molecule has 9 heteroatoms. The molecule has 0 saturated carbocycles. The van der Waals surface area contributed by atoms with Crippen LogP contribution < -0.4 is 10.6 Å². The molecule has 0 atom stereocenters. The summed E-state index contributed by atoms with van der Waals surface area (Å²) in [5.41, 5.74) is 0.595. The lowest BCUT2D eigenvalue weighted by atomic mass is 10.2. The van der Waals surface area contributed by atoms with Gasteiger partial charge in [-0.2, -0.15) is 4.31 Å². The minimum atomic E-state index is -3.72. The van der Waals surface area contributed by atoms with Crippen LogP contribution in [0, 0.1) is 11.6 Å². The van der Waals surface area contributed by atoms with E-state index in [1.165, 1.54) is 22.5 Å². The molecule has 2 rings (SSSR count). The summed E-state index contributed by atoms with van der Waals surface area (Å²) in [4.78, 5) is 12.4. The van der Waals surface area contributed by atoms with Crippen LogP contribution in [0.15, 0.2) is 41.3 Å². The van der Waals surface area contributed by atoms with Crippen molar-refractivity contribution in [3.8, 4) is 0 Å². The molecule has 146 valence electrons. The van der Waals surface area contributed by atoms with Gasteiger partial charge in [0.25, 0.3) is 5.91 Å². The van der Waals surface area contributed by atoms with E-state index in [9.17, 15) is 22.0 Å². The quantitative estimate of drug-likeness (QED) is 0.752. The van der Waals surface area contributed by atoms with Crippen LogP contribution in [0.5, 0.6) is 0 Å². The third-order valence-electron chi connectivity index (χ3n) is 4.03. The molecule has 0 aliphatic rings. The lowest BCUT2D eigenvalue weighted by molar-refractivity contribution is 0.102. The minimum Gasteiger partial charge on any atom is -0.386 e. The second kappa shape index (κ2) is 8.45. The van der Waals surface area contributed by atoms with Crippen LogP contribution in [0.25, 0.3) is 0 Å². The van der Waals surface area contributed by atoms with Gasteiger partial charge >= 0.3 is 0 Å². The van der Waals surface area contributed by atoms with Gasteiger partial charge in [0.15, 0.2) is 11.6 Å². The SMILES string of the molecule is CCN(CC)S(=O)(=O)c1ccc(NC)c(NC(=O)c2ccc(F)c(F)c2)c1. The van der Waals surface area contributed by atoms with E-state index in [2.05, 4.69) is 10.6 Å². The zero-order valence-corrected chi connectivity index (χ0v) is 16.0. The highest BCUT2D eigenvalue weighted by Crippen LogP contribution is 2.27. The first-order valence-electron chi connectivity index (χ1n) is 8.32. The van der Waals surface area contributed by atoms with Gasteiger partial charge in [0, 0.05) is 25.7 Å². The van der Waals surface area contributed by atoms with Crippen molar-refractivity contribution < 1.29 is 22.0 Å². The van der Waals surface area contributed by atoms with Crippen LogP contribution in [-0.4, -0.2) is 38.8 Å². The van der Waals surface area contributed by atoms with Gasteiger partial charge in [-0.15, -0.1) is 0 Å². The van der Waals surface area contributed by atoms with E-state index in [1.54, 1.807) is 20.9 Å². The van der Waals surface area contributed by atoms with Crippen molar-refractivity contribution in [1.82, 2.24) is 4.31 Å². The molecule has 0 unspecified atom stereocenters. The molecule has 2 aromatic carbocycles. The molecule has 6 nitrogen and oxygen atoms in total. The van der Waals surface area contributed by atoms with Crippen LogP contribution in [0.1, 0.15) is 24.2 Å². The highest BCUT2D eigenvalue weighted by atomic mass is 32.2. The van der Waals surface area contributed by atoms with Crippen molar-refractivity contribution in [2.45, 2.75) is 18.7 Å². The lowest BCUT2D eigenvalue weighted by Crippen LogP contribution is -2.30. The van der Waals surface area contributed by atoms with E-state index in [-0.39, 0.29) is 16.1 Å². The van der Waals surface area contributed by atoms with Crippen molar-refractivity contribution >= 4 is 27.3 Å². The Morgan fingerprint density at radius 3 is 2.22 bits per heavy atom. The average Bonchev–Trinajstić information content (AvgIpc) is 2.64. The maximum atomic E-state index is 13.4. The summed E-state index contributed by atoms with van der Waals surface area (Å²) >= 11 is 0. The first kappa shape index (κ1) is 20.8. The van der Waals surface area contributed by atoms with E-state index in [4.69, 9.17) is 0 Å². The second-order valence-electron chi connectivity index (χ2n) is 5.63. The number of sulfonamides is 1. The van der Waals surface area contributed by atoms with E-state index >= 15 is 0 Å². The van der Waals surface area contributed by atoms with E-state index in [0.717, 1.165) is 18.2 Å². The summed E-state index contributed by atoms with van der Waals surface area (Å²) in [5, 5.41) is 5.39. The third kappa shape index (κ3) is 4.42. The molecular formula is C18H21F2N3O3S. The fraction of sp³-hybridized carbons (Fsp3) is 0.278. The molecule has 0 aliphatic carbocycles. The van der Waals surface area contributed by atoms with Crippen molar-refractivity contribution in [3.63, 3.8) is 0 Å². The molecule has 0 heterocycles. The Morgan fingerprint density at radius 2 is 1.67 bits per heavy atom. The summed E-state index contributed by atoms with van der Waals surface area (Å²) in [7, 11) is -2.10. The Bertz CT molecular complexity index is 945. The lowest BCUT2D eigenvalue weighted by Gasteiger charge is -2.20. The topological polar surface area (TPSA) is 78.5 Å². The van der Waals surface area contributed by atoms with E-state index < -0.39 is 27.6 Å². The van der Waals surface area contributed by atoms with Gasteiger partial charge in [-0.1, -0.05) is 13.8 Å². The molecule has 1 amide bonds. The standard InChI is InChI=1S/C18H21F2N3O3S/c1-4-23(5-2)27(25,26)13-7-9-16(21-3)17(11-13)22-18(24)12-6-8-14(19)15(20)10-12/h6-11,21H,4-5H2,1-3H3,(H,22,24). The molecule has 0 fully saturated rings. The number of carbonyl (C=O) groups excluding carboxylic acids is 1. The monoisotopic (exact) mass is 397 g/mol. The first-order chi connectivity index (χ1) is 12.7. The van der Waals surface area contributed by atoms with Gasteiger partial charge in [0.05, 0.1) is 16.3 Å². The molecular weight excluding hydrogens is 376 g/mol. The van der Waals surface area contributed by atoms with Gasteiger partial charge in [-0.25, -0.2) is 17.2 Å². The number of hydrogen-bond acceptors (Lipinski definition) is 4. The maximum absolute atomic E-state index is 13.4. The van der Waals surface area contributed by atoms with E-state index in [0.29, 0.717) is 18.8 Å². The van der Waals surface area contributed by atoms with Gasteiger partial charge in [0.2, 0.25) is 10.0 Å². The van der Waals surface area contributed by atoms with Gasteiger partial charge in [-0.3, -0.25) is 4.79 Å². The molecule has 2 aromatic rings. The van der Waals surface area contributed by atoms with Crippen molar-refractivity contribution in [2.75, 3.05) is 30.8 Å². The molecule has 0 radical (unpaired) electrons. The highest BCUT2D eigenvalue weighted by molar-refractivity contribution is 7.89. The second-order valence-corrected chi connectivity index (χ2v) is 7.57. The number of nitrogens with zero attached hydrogens (tertiary/aromatic N) is 1. The molecule has 0 bridgehead atoms. The summed E-state index contributed by atoms with van der Waals surface area (Å²) in [5.74, 6) is -2.90. The summed E-state index contributed by atoms with van der Waals surface area (Å²) in [6.45, 7) is 4.08. The van der Waals surface area contributed by atoms with Crippen LogP contribution in [0.2, 0.25) is 0 Å². The average molecular weight is 397 g/mol. The number of carbonyl (C=O) groups is 1. The normalized spacial score (nSPS) is 11.5. The molecule has 0 spiro atoms. The Kier molecular flexibility index (Phi) is 6.50. The summed E-state index contributed by atoms with van der Waals surface area (Å²) < 4.78 is 53.1. The Balaban J connectivity index is 2.40. The first-order valence-corrected chi connectivity index (χ1v) is 9.76. The molecule has 0 aliphatic heterocycles. The van der Waals surface area contributed by atoms with Crippen LogP contribution in [0.4, 0.5) is 20.2 Å². The van der Waals surface area contributed by atoms with E-state index in [1.807, 2.05) is 0 Å². The number of anilines is 2. The predicted octanol–water partition coefficient (Wildman–Crippen LogP) is 3.29. The zero-order chi connectivity index (χ0) is 20.2.